The Labute approximate surface area is 182 Å². The van der Waals surface area contributed by atoms with Gasteiger partial charge in [-0.05, 0) is 62.9 Å². The number of rotatable bonds is 4. The van der Waals surface area contributed by atoms with Crippen molar-refractivity contribution in [3.63, 3.8) is 0 Å². The normalized spacial score (nSPS) is 11.0. The van der Waals surface area contributed by atoms with Crippen molar-refractivity contribution in [2.24, 2.45) is 5.73 Å². The molecule has 0 amide bonds. The molecule has 0 radical (unpaired) electrons. The number of fused-ring (bicyclic) bond motifs is 1. The summed E-state index contributed by atoms with van der Waals surface area (Å²) in [4.78, 5) is 12.1. The Bertz CT molecular complexity index is 1190. The fourth-order valence-electron chi connectivity index (χ4n) is 3.41. The standard InChI is InChI=1S/C24H24N4O.CH5N/c1-24(2,3)28-23(26-20-13-10-16-6-4-5-7-18(16)14-20)21(15-29)22(27-28)17-8-11-19(25)12-9-17;1-2/h4-15,26H,25H2,1-3H3;2H2,1H3. The first-order chi connectivity index (χ1) is 14.9. The van der Waals surface area contributed by atoms with E-state index in [2.05, 4.69) is 56.1 Å². The van der Waals surface area contributed by atoms with Crippen molar-refractivity contribution in [1.29, 1.82) is 0 Å². The smallest absolute Gasteiger partial charge is 0.156 e. The van der Waals surface area contributed by atoms with Crippen LogP contribution in [0.25, 0.3) is 22.0 Å². The molecule has 0 fully saturated rings. The van der Waals surface area contributed by atoms with Crippen LogP contribution in [0.3, 0.4) is 0 Å². The highest BCUT2D eigenvalue weighted by Crippen LogP contribution is 2.34. The molecule has 0 atom stereocenters. The summed E-state index contributed by atoms with van der Waals surface area (Å²) < 4.78 is 1.87. The molecule has 6 heteroatoms. The van der Waals surface area contributed by atoms with Gasteiger partial charge >= 0.3 is 0 Å². The van der Waals surface area contributed by atoms with Gasteiger partial charge in [0.1, 0.15) is 11.5 Å². The second-order valence-electron chi connectivity index (χ2n) is 8.12. The Morgan fingerprint density at radius 3 is 2.19 bits per heavy atom. The molecule has 31 heavy (non-hydrogen) atoms. The van der Waals surface area contributed by atoms with Crippen molar-refractivity contribution in [3.05, 3.63) is 72.3 Å². The number of hydrogen-bond donors (Lipinski definition) is 3. The highest BCUT2D eigenvalue weighted by Gasteiger charge is 2.25. The number of nitrogen functional groups attached to an aromatic ring is 1. The molecule has 1 heterocycles. The molecule has 6 nitrogen and oxygen atoms in total. The van der Waals surface area contributed by atoms with Crippen molar-refractivity contribution in [2.45, 2.75) is 26.3 Å². The Hall–Kier alpha value is -3.64. The zero-order valence-electron chi connectivity index (χ0n) is 18.4. The number of nitrogens with two attached hydrogens (primary N) is 2. The summed E-state index contributed by atoms with van der Waals surface area (Å²) in [6.07, 6.45) is 0.865. The van der Waals surface area contributed by atoms with E-state index in [0.29, 0.717) is 22.8 Å². The topological polar surface area (TPSA) is 99.0 Å². The van der Waals surface area contributed by atoms with Gasteiger partial charge in [0.15, 0.2) is 6.29 Å². The van der Waals surface area contributed by atoms with Gasteiger partial charge < -0.3 is 16.8 Å². The Morgan fingerprint density at radius 1 is 0.935 bits per heavy atom. The van der Waals surface area contributed by atoms with Crippen molar-refractivity contribution in [2.75, 3.05) is 18.1 Å². The van der Waals surface area contributed by atoms with Crippen LogP contribution in [0, 0.1) is 0 Å². The van der Waals surface area contributed by atoms with Crippen LogP contribution in [-0.4, -0.2) is 23.1 Å². The van der Waals surface area contributed by atoms with Gasteiger partial charge in [-0.2, -0.15) is 5.10 Å². The summed E-state index contributed by atoms with van der Waals surface area (Å²) in [7, 11) is 1.50. The van der Waals surface area contributed by atoms with Crippen LogP contribution in [-0.2, 0) is 5.54 Å². The number of nitrogens with one attached hydrogen (secondary N) is 1. The zero-order chi connectivity index (χ0) is 22.6. The quantitative estimate of drug-likeness (QED) is 0.315. The van der Waals surface area contributed by atoms with Crippen LogP contribution in [0.1, 0.15) is 31.1 Å². The van der Waals surface area contributed by atoms with Gasteiger partial charge in [0.2, 0.25) is 0 Å². The lowest BCUT2D eigenvalue weighted by Crippen LogP contribution is -2.24. The summed E-state index contributed by atoms with van der Waals surface area (Å²) in [5.74, 6) is 0.676. The highest BCUT2D eigenvalue weighted by molar-refractivity contribution is 5.94. The molecule has 0 aliphatic heterocycles. The number of hydrogen-bond acceptors (Lipinski definition) is 5. The van der Waals surface area contributed by atoms with E-state index in [0.717, 1.165) is 22.9 Å². The summed E-state index contributed by atoms with van der Waals surface area (Å²) in [6.45, 7) is 6.19. The van der Waals surface area contributed by atoms with Gasteiger partial charge in [-0.25, -0.2) is 4.68 Å². The second-order valence-corrected chi connectivity index (χ2v) is 8.12. The minimum atomic E-state index is -0.316. The monoisotopic (exact) mass is 415 g/mol. The molecule has 0 aliphatic rings. The zero-order valence-corrected chi connectivity index (χ0v) is 18.4. The molecule has 4 rings (SSSR count). The summed E-state index contributed by atoms with van der Waals surface area (Å²) in [6, 6.07) is 21.7. The van der Waals surface area contributed by atoms with E-state index in [1.165, 1.54) is 12.4 Å². The summed E-state index contributed by atoms with van der Waals surface area (Å²) in [5.41, 5.74) is 13.6. The molecule has 1 aromatic heterocycles. The van der Waals surface area contributed by atoms with E-state index in [-0.39, 0.29) is 5.54 Å². The summed E-state index contributed by atoms with van der Waals surface area (Å²) in [5, 5.41) is 10.5. The van der Waals surface area contributed by atoms with E-state index < -0.39 is 0 Å². The molecule has 160 valence electrons. The maximum Gasteiger partial charge on any atom is 0.156 e. The van der Waals surface area contributed by atoms with Gasteiger partial charge in [-0.3, -0.25) is 4.79 Å². The van der Waals surface area contributed by atoms with Crippen molar-refractivity contribution in [1.82, 2.24) is 9.78 Å². The molecule has 4 aromatic rings. The lowest BCUT2D eigenvalue weighted by atomic mass is 10.1. The van der Waals surface area contributed by atoms with Gasteiger partial charge in [0.05, 0.1) is 11.1 Å². The molecular formula is C25H29N5O. The number of carbonyl (C=O) groups is 1. The van der Waals surface area contributed by atoms with E-state index in [1.807, 2.05) is 47.1 Å². The third-order valence-corrected chi connectivity index (χ3v) is 4.87. The van der Waals surface area contributed by atoms with E-state index in [9.17, 15) is 4.79 Å². The number of carbonyl (C=O) groups excluding carboxylic acids is 1. The minimum Gasteiger partial charge on any atom is -0.399 e. The molecular weight excluding hydrogens is 386 g/mol. The number of anilines is 3. The molecule has 0 unspecified atom stereocenters. The number of aldehydes is 1. The van der Waals surface area contributed by atoms with Crippen LogP contribution in [0.2, 0.25) is 0 Å². The molecule has 0 saturated carbocycles. The molecule has 0 spiro atoms. The highest BCUT2D eigenvalue weighted by atomic mass is 16.1. The molecule has 0 aliphatic carbocycles. The fourth-order valence-corrected chi connectivity index (χ4v) is 3.41. The van der Waals surface area contributed by atoms with Crippen molar-refractivity contribution >= 4 is 34.3 Å². The lowest BCUT2D eigenvalue weighted by molar-refractivity contribution is 0.112. The molecule has 5 N–H and O–H groups in total. The number of benzene rings is 3. The summed E-state index contributed by atoms with van der Waals surface area (Å²) >= 11 is 0. The van der Waals surface area contributed by atoms with Gasteiger partial charge in [0, 0.05) is 16.9 Å². The molecule has 0 bridgehead atoms. The van der Waals surface area contributed by atoms with Gasteiger partial charge in [0.25, 0.3) is 0 Å². The Balaban J connectivity index is 0.00000132. The van der Waals surface area contributed by atoms with Crippen LogP contribution >= 0.6 is 0 Å². The van der Waals surface area contributed by atoms with E-state index in [4.69, 9.17) is 10.8 Å². The SMILES string of the molecule is CC(C)(C)n1nc(-c2ccc(N)cc2)c(C=O)c1Nc1ccc2ccccc2c1.CN. The average molecular weight is 416 g/mol. The van der Waals surface area contributed by atoms with E-state index in [1.54, 1.807) is 0 Å². The van der Waals surface area contributed by atoms with Crippen LogP contribution < -0.4 is 16.8 Å². The molecule has 3 aromatic carbocycles. The first-order valence-electron chi connectivity index (χ1n) is 10.1. The van der Waals surface area contributed by atoms with E-state index >= 15 is 0 Å². The number of aromatic nitrogens is 2. The third-order valence-electron chi connectivity index (χ3n) is 4.87. The first-order valence-corrected chi connectivity index (χ1v) is 10.1. The Kier molecular flexibility index (Phi) is 6.42. The second kappa shape index (κ2) is 9.02. The van der Waals surface area contributed by atoms with Gasteiger partial charge in [-0.1, -0.05) is 42.5 Å². The van der Waals surface area contributed by atoms with Crippen LogP contribution in [0.4, 0.5) is 17.2 Å². The van der Waals surface area contributed by atoms with Crippen LogP contribution in [0.15, 0.2) is 66.7 Å². The predicted molar refractivity (Wildman–Crippen MR) is 130 cm³/mol. The third kappa shape index (κ3) is 4.59. The average Bonchev–Trinajstić information content (AvgIpc) is 3.14. The maximum absolute atomic E-state index is 12.1. The van der Waals surface area contributed by atoms with Gasteiger partial charge in [-0.15, -0.1) is 0 Å². The van der Waals surface area contributed by atoms with Crippen molar-refractivity contribution < 1.29 is 4.79 Å². The lowest BCUT2D eigenvalue weighted by Gasteiger charge is -2.23. The fraction of sp³-hybridized carbons (Fsp3) is 0.200. The Morgan fingerprint density at radius 2 is 1.58 bits per heavy atom. The van der Waals surface area contributed by atoms with Crippen LogP contribution in [0.5, 0.6) is 0 Å². The molecule has 0 saturated heterocycles. The van der Waals surface area contributed by atoms with Crippen molar-refractivity contribution in [3.8, 4) is 11.3 Å². The largest absolute Gasteiger partial charge is 0.399 e. The first kappa shape index (κ1) is 22.1. The number of nitrogens with zero attached hydrogens (tertiary/aromatic N) is 2. The predicted octanol–water partition coefficient (Wildman–Crippen LogP) is 5.17. The minimum absolute atomic E-state index is 0.316. The maximum atomic E-state index is 12.1.